The Bertz CT molecular complexity index is 856. The molecule has 8 heteroatoms. The maximum Gasteiger partial charge on any atom is 0.263 e. The average Bonchev–Trinajstić information content (AvgIpc) is 3.03. The van der Waals surface area contributed by atoms with Crippen molar-refractivity contribution in [2.45, 2.75) is 19.4 Å². The Kier molecular flexibility index (Phi) is 5.97. The molecule has 0 aromatic heterocycles. The molecule has 4 nitrogen and oxygen atoms in total. The van der Waals surface area contributed by atoms with E-state index >= 15 is 0 Å². The third-order valence-electron chi connectivity index (χ3n) is 4.43. The van der Waals surface area contributed by atoms with Crippen molar-refractivity contribution in [3.63, 3.8) is 0 Å². The highest BCUT2D eigenvalue weighted by Gasteiger charge is 2.35. The minimum absolute atomic E-state index is 0.0149. The van der Waals surface area contributed by atoms with Gasteiger partial charge < -0.3 is 10.2 Å². The lowest BCUT2D eigenvalue weighted by atomic mass is 10.1. The van der Waals surface area contributed by atoms with E-state index in [4.69, 9.17) is 23.2 Å². The van der Waals surface area contributed by atoms with E-state index in [1.165, 1.54) is 23.1 Å². The topological polar surface area (TPSA) is 49.4 Å². The first kappa shape index (κ1) is 19.6. The van der Waals surface area contributed by atoms with Crippen LogP contribution in [-0.2, 0) is 16.1 Å². The van der Waals surface area contributed by atoms with Gasteiger partial charge in [-0.3, -0.25) is 9.59 Å². The van der Waals surface area contributed by atoms with Crippen molar-refractivity contribution in [1.82, 2.24) is 5.32 Å². The van der Waals surface area contributed by atoms with Gasteiger partial charge in [-0.25, -0.2) is 8.78 Å². The van der Waals surface area contributed by atoms with Gasteiger partial charge in [0.05, 0.1) is 5.92 Å². The van der Waals surface area contributed by atoms with E-state index in [1.54, 1.807) is 24.3 Å². The quantitative estimate of drug-likeness (QED) is 0.779. The number of carbonyl (C=O) groups is 2. The van der Waals surface area contributed by atoms with E-state index in [-0.39, 0.29) is 36.9 Å². The van der Waals surface area contributed by atoms with Crippen LogP contribution in [0.1, 0.15) is 24.0 Å². The first-order chi connectivity index (χ1) is 12.9. The molecule has 0 saturated carbocycles. The molecule has 1 unspecified atom stereocenters. The van der Waals surface area contributed by atoms with Gasteiger partial charge in [-0.1, -0.05) is 41.4 Å². The molecule has 27 heavy (non-hydrogen) atoms. The van der Waals surface area contributed by atoms with Crippen molar-refractivity contribution in [2.75, 3.05) is 11.4 Å². The van der Waals surface area contributed by atoms with Crippen molar-refractivity contribution < 1.29 is 18.4 Å². The summed E-state index contributed by atoms with van der Waals surface area (Å²) in [5.41, 5.74) is 0.795. The molecule has 0 spiro atoms. The molecular weight excluding hydrogens is 397 g/mol. The summed E-state index contributed by atoms with van der Waals surface area (Å²) in [6.45, 7) is 0.274. The van der Waals surface area contributed by atoms with Crippen LogP contribution in [-0.4, -0.2) is 18.4 Å². The van der Waals surface area contributed by atoms with Crippen molar-refractivity contribution >= 4 is 40.7 Å². The number of halogens is 4. The standard InChI is InChI=1S/C19H16Cl2F2N2O2/c20-15-5-2-6-16(21)14(15)9-24-19(27)12-8-17(26)25(10-12)13-4-1-3-11(7-13)18(22)23/h1-7,12,18H,8-10H2,(H,24,27). The first-order valence-corrected chi connectivity index (χ1v) is 9.01. The second kappa shape index (κ2) is 8.23. The Hall–Kier alpha value is -2.18. The van der Waals surface area contributed by atoms with Crippen molar-refractivity contribution in [2.24, 2.45) is 5.92 Å². The summed E-state index contributed by atoms with van der Waals surface area (Å²) in [5, 5.41) is 3.62. The summed E-state index contributed by atoms with van der Waals surface area (Å²) in [7, 11) is 0. The van der Waals surface area contributed by atoms with Crippen LogP contribution in [0.5, 0.6) is 0 Å². The van der Waals surface area contributed by atoms with Gasteiger partial charge in [0, 0.05) is 46.4 Å². The molecule has 1 saturated heterocycles. The second-order valence-corrected chi connectivity index (χ2v) is 7.03. The Labute approximate surface area is 165 Å². The first-order valence-electron chi connectivity index (χ1n) is 8.26. The normalized spacial score (nSPS) is 16.9. The monoisotopic (exact) mass is 412 g/mol. The fourth-order valence-corrected chi connectivity index (χ4v) is 3.51. The number of benzene rings is 2. The van der Waals surface area contributed by atoms with Gasteiger partial charge in [0.2, 0.25) is 11.8 Å². The number of nitrogens with zero attached hydrogens (tertiary/aromatic N) is 1. The van der Waals surface area contributed by atoms with Crippen molar-refractivity contribution in [3.05, 3.63) is 63.6 Å². The lowest BCUT2D eigenvalue weighted by Gasteiger charge is -2.18. The zero-order chi connectivity index (χ0) is 19.6. The van der Waals surface area contributed by atoms with Crippen LogP contribution in [0.3, 0.4) is 0 Å². The summed E-state index contributed by atoms with van der Waals surface area (Å²) in [4.78, 5) is 26.1. The van der Waals surface area contributed by atoms with E-state index in [2.05, 4.69) is 5.32 Å². The van der Waals surface area contributed by atoms with Crippen molar-refractivity contribution in [1.29, 1.82) is 0 Å². The number of amides is 2. The number of rotatable bonds is 5. The molecule has 0 aliphatic carbocycles. The molecule has 2 aromatic carbocycles. The number of anilines is 1. The van der Waals surface area contributed by atoms with Crippen LogP contribution < -0.4 is 10.2 Å². The highest BCUT2D eigenvalue weighted by Crippen LogP contribution is 2.29. The molecule has 2 aromatic rings. The lowest BCUT2D eigenvalue weighted by molar-refractivity contribution is -0.126. The summed E-state index contributed by atoms with van der Waals surface area (Å²) in [6, 6.07) is 10.7. The predicted molar refractivity (Wildman–Crippen MR) is 100 cm³/mol. The molecule has 1 heterocycles. The van der Waals surface area contributed by atoms with E-state index in [0.29, 0.717) is 21.3 Å². The van der Waals surface area contributed by atoms with Gasteiger partial charge in [0.15, 0.2) is 0 Å². The molecule has 1 N–H and O–H groups in total. The number of alkyl halides is 2. The highest BCUT2D eigenvalue weighted by molar-refractivity contribution is 6.36. The van der Waals surface area contributed by atoms with Gasteiger partial charge in [0.25, 0.3) is 6.43 Å². The third kappa shape index (κ3) is 4.39. The maximum atomic E-state index is 12.9. The van der Waals surface area contributed by atoms with Crippen LogP contribution in [0.2, 0.25) is 10.0 Å². The zero-order valence-corrected chi connectivity index (χ0v) is 15.6. The van der Waals surface area contributed by atoms with Crippen LogP contribution in [0.15, 0.2) is 42.5 Å². The molecule has 142 valence electrons. The average molecular weight is 413 g/mol. The molecule has 2 amide bonds. The summed E-state index contributed by atoms with van der Waals surface area (Å²) < 4.78 is 25.7. The Balaban J connectivity index is 1.66. The van der Waals surface area contributed by atoms with E-state index in [1.807, 2.05) is 0 Å². The zero-order valence-electron chi connectivity index (χ0n) is 14.1. The molecule has 0 bridgehead atoms. The lowest BCUT2D eigenvalue weighted by Crippen LogP contribution is -2.32. The Morgan fingerprint density at radius 1 is 1.19 bits per heavy atom. The van der Waals surface area contributed by atoms with Gasteiger partial charge in [-0.05, 0) is 24.3 Å². The minimum Gasteiger partial charge on any atom is -0.352 e. The Morgan fingerprint density at radius 2 is 1.85 bits per heavy atom. The molecule has 1 aliphatic heterocycles. The van der Waals surface area contributed by atoms with Gasteiger partial charge in [-0.2, -0.15) is 0 Å². The minimum atomic E-state index is -2.62. The number of hydrogen-bond acceptors (Lipinski definition) is 2. The SMILES string of the molecule is O=C(NCc1c(Cl)cccc1Cl)C1CC(=O)N(c2cccc(C(F)F)c2)C1. The highest BCUT2D eigenvalue weighted by atomic mass is 35.5. The summed E-state index contributed by atoms with van der Waals surface area (Å²) in [5.74, 6) is -1.17. The van der Waals surface area contributed by atoms with Crippen molar-refractivity contribution in [3.8, 4) is 0 Å². The van der Waals surface area contributed by atoms with E-state index in [0.717, 1.165) is 0 Å². The largest absolute Gasteiger partial charge is 0.352 e. The van der Waals surface area contributed by atoms with Gasteiger partial charge >= 0.3 is 0 Å². The Morgan fingerprint density at radius 3 is 2.52 bits per heavy atom. The third-order valence-corrected chi connectivity index (χ3v) is 5.14. The smallest absolute Gasteiger partial charge is 0.263 e. The fourth-order valence-electron chi connectivity index (χ4n) is 2.98. The molecule has 1 atom stereocenters. The number of carbonyl (C=O) groups excluding carboxylic acids is 2. The summed E-state index contributed by atoms with van der Waals surface area (Å²) in [6.07, 6.45) is -2.61. The summed E-state index contributed by atoms with van der Waals surface area (Å²) >= 11 is 12.2. The maximum absolute atomic E-state index is 12.9. The second-order valence-electron chi connectivity index (χ2n) is 6.22. The fraction of sp³-hybridized carbons (Fsp3) is 0.263. The van der Waals surface area contributed by atoms with Crippen LogP contribution in [0.4, 0.5) is 14.5 Å². The number of hydrogen-bond donors (Lipinski definition) is 1. The van der Waals surface area contributed by atoms with Crippen LogP contribution in [0, 0.1) is 5.92 Å². The van der Waals surface area contributed by atoms with E-state index in [9.17, 15) is 18.4 Å². The van der Waals surface area contributed by atoms with Crippen LogP contribution in [0.25, 0.3) is 0 Å². The van der Waals surface area contributed by atoms with E-state index < -0.39 is 12.3 Å². The molecule has 3 rings (SSSR count). The van der Waals surface area contributed by atoms with Gasteiger partial charge in [-0.15, -0.1) is 0 Å². The molecule has 1 fully saturated rings. The predicted octanol–water partition coefficient (Wildman–Crippen LogP) is 4.60. The molecule has 1 aliphatic rings. The molecular formula is C19H16Cl2F2N2O2. The van der Waals surface area contributed by atoms with Crippen LogP contribution >= 0.6 is 23.2 Å². The van der Waals surface area contributed by atoms with Gasteiger partial charge in [0.1, 0.15) is 0 Å². The molecule has 0 radical (unpaired) electrons. The number of nitrogens with one attached hydrogen (secondary N) is 1.